The van der Waals surface area contributed by atoms with Crippen molar-refractivity contribution in [1.82, 2.24) is 10.2 Å². The number of amides is 3. The fraction of sp³-hybridized carbons (Fsp3) is 0.444. The Morgan fingerprint density at radius 2 is 1.56 bits per heavy atom. The number of halogens is 1. The fourth-order valence-corrected chi connectivity index (χ4v) is 5.07. The van der Waals surface area contributed by atoms with E-state index < -0.39 is 0 Å². The zero-order chi connectivity index (χ0) is 23.9. The third-order valence-electron chi connectivity index (χ3n) is 6.95. The summed E-state index contributed by atoms with van der Waals surface area (Å²) in [5.74, 6) is 0.390. The molecule has 1 aliphatic carbocycles. The molecule has 0 unspecified atom stereocenters. The van der Waals surface area contributed by atoms with Gasteiger partial charge >= 0.3 is 0 Å². The molecule has 34 heavy (non-hydrogen) atoms. The summed E-state index contributed by atoms with van der Waals surface area (Å²) in [6, 6.07) is 13.7. The highest BCUT2D eigenvalue weighted by molar-refractivity contribution is 6.34. The molecule has 1 aliphatic heterocycles. The number of likely N-dealkylation sites (tertiary alicyclic amines) is 1. The van der Waals surface area contributed by atoms with Crippen LogP contribution in [0.25, 0.3) is 0 Å². The molecule has 0 atom stereocenters. The summed E-state index contributed by atoms with van der Waals surface area (Å²) >= 11 is 6.08. The second kappa shape index (κ2) is 11.5. The van der Waals surface area contributed by atoms with Crippen LogP contribution in [0.5, 0.6) is 0 Å². The van der Waals surface area contributed by atoms with Gasteiger partial charge in [-0.15, -0.1) is 0 Å². The Labute approximate surface area is 206 Å². The van der Waals surface area contributed by atoms with Crippen molar-refractivity contribution in [2.24, 2.45) is 11.8 Å². The molecule has 2 aromatic rings. The van der Waals surface area contributed by atoms with Crippen LogP contribution in [0.1, 0.15) is 65.7 Å². The summed E-state index contributed by atoms with van der Waals surface area (Å²) in [7, 11) is 0. The van der Waals surface area contributed by atoms with Crippen LogP contribution in [-0.2, 0) is 4.79 Å². The van der Waals surface area contributed by atoms with E-state index in [0.717, 1.165) is 6.54 Å². The molecular weight excluding hydrogens is 450 g/mol. The smallest absolute Gasteiger partial charge is 0.257 e. The lowest BCUT2D eigenvalue weighted by molar-refractivity contribution is -0.126. The number of carbonyl (C=O) groups excluding carboxylic acids is 3. The number of nitrogens with zero attached hydrogens (tertiary/aromatic N) is 1. The van der Waals surface area contributed by atoms with Crippen LogP contribution >= 0.6 is 11.6 Å². The molecule has 6 nitrogen and oxygen atoms in total. The van der Waals surface area contributed by atoms with E-state index in [1.807, 2.05) is 4.90 Å². The van der Waals surface area contributed by atoms with Crippen molar-refractivity contribution in [2.75, 3.05) is 25.0 Å². The van der Waals surface area contributed by atoms with E-state index >= 15 is 0 Å². The lowest BCUT2D eigenvalue weighted by atomic mass is 9.89. The molecule has 1 saturated carbocycles. The van der Waals surface area contributed by atoms with Crippen molar-refractivity contribution in [3.8, 4) is 0 Å². The Kier molecular flexibility index (Phi) is 8.22. The molecule has 2 N–H and O–H groups in total. The predicted molar refractivity (Wildman–Crippen MR) is 134 cm³/mol. The van der Waals surface area contributed by atoms with Gasteiger partial charge in [0.15, 0.2) is 0 Å². The first-order valence-corrected chi connectivity index (χ1v) is 12.6. The number of hydrogen-bond donors (Lipinski definition) is 2. The highest BCUT2D eigenvalue weighted by atomic mass is 35.5. The molecule has 4 rings (SSSR count). The van der Waals surface area contributed by atoms with E-state index in [2.05, 4.69) is 10.6 Å². The van der Waals surface area contributed by atoms with E-state index in [1.165, 1.54) is 32.1 Å². The van der Waals surface area contributed by atoms with Crippen molar-refractivity contribution < 1.29 is 14.4 Å². The summed E-state index contributed by atoms with van der Waals surface area (Å²) in [6.45, 7) is 1.94. The molecule has 2 aromatic carbocycles. The van der Waals surface area contributed by atoms with Gasteiger partial charge in [0.25, 0.3) is 11.8 Å². The van der Waals surface area contributed by atoms with Gasteiger partial charge in [0.2, 0.25) is 5.91 Å². The maximum Gasteiger partial charge on any atom is 0.257 e. The first-order valence-electron chi connectivity index (χ1n) is 12.2. The number of hydrogen-bond acceptors (Lipinski definition) is 3. The maximum absolute atomic E-state index is 12.9. The first kappa shape index (κ1) is 24.3. The Bertz CT molecular complexity index is 1010. The molecule has 0 bridgehead atoms. The second-order valence-electron chi connectivity index (χ2n) is 9.33. The summed E-state index contributed by atoms with van der Waals surface area (Å²) in [6.07, 6.45) is 7.68. The number of piperidine rings is 1. The van der Waals surface area contributed by atoms with Gasteiger partial charge in [-0.25, -0.2) is 0 Å². The Hall–Kier alpha value is -2.86. The van der Waals surface area contributed by atoms with Crippen molar-refractivity contribution in [1.29, 1.82) is 0 Å². The predicted octanol–water partition coefficient (Wildman–Crippen LogP) is 5.14. The largest absolute Gasteiger partial charge is 0.356 e. The number of anilines is 1. The summed E-state index contributed by atoms with van der Waals surface area (Å²) in [4.78, 5) is 39.7. The van der Waals surface area contributed by atoms with Gasteiger partial charge in [0.1, 0.15) is 0 Å². The van der Waals surface area contributed by atoms with Crippen molar-refractivity contribution in [3.05, 3.63) is 64.7 Å². The maximum atomic E-state index is 12.9. The van der Waals surface area contributed by atoms with E-state index in [0.29, 0.717) is 53.7 Å². The quantitative estimate of drug-likeness (QED) is 0.599. The Morgan fingerprint density at radius 3 is 2.24 bits per heavy atom. The van der Waals surface area contributed by atoms with Crippen LogP contribution in [0.2, 0.25) is 5.02 Å². The van der Waals surface area contributed by atoms with Gasteiger partial charge in [0, 0.05) is 36.8 Å². The third kappa shape index (κ3) is 6.17. The summed E-state index contributed by atoms with van der Waals surface area (Å²) in [5.41, 5.74) is 1.56. The molecule has 0 aromatic heterocycles. The van der Waals surface area contributed by atoms with E-state index in [-0.39, 0.29) is 23.6 Å². The van der Waals surface area contributed by atoms with Gasteiger partial charge in [-0.3, -0.25) is 14.4 Å². The van der Waals surface area contributed by atoms with Gasteiger partial charge in [-0.1, -0.05) is 43.0 Å². The average molecular weight is 482 g/mol. The standard InChI is InChI=1S/C27H32ClN3O3/c28-24-9-5-4-8-23(24)26(33)30-22-12-10-21(11-13-22)27(34)31-16-14-20(15-17-31)25(32)29-18-19-6-2-1-3-7-19/h4-5,8-13,19-20H,1-3,6-7,14-18H2,(H,29,32)(H,30,33). The minimum atomic E-state index is -0.298. The lowest BCUT2D eigenvalue weighted by Crippen LogP contribution is -2.43. The Morgan fingerprint density at radius 1 is 0.882 bits per heavy atom. The van der Waals surface area contributed by atoms with Gasteiger partial charge in [-0.2, -0.15) is 0 Å². The summed E-state index contributed by atoms with van der Waals surface area (Å²) < 4.78 is 0. The summed E-state index contributed by atoms with van der Waals surface area (Å²) in [5, 5.41) is 6.34. The minimum Gasteiger partial charge on any atom is -0.356 e. The highest BCUT2D eigenvalue weighted by Crippen LogP contribution is 2.24. The van der Waals surface area contributed by atoms with Crippen LogP contribution in [0.3, 0.4) is 0 Å². The van der Waals surface area contributed by atoms with Gasteiger partial charge in [0.05, 0.1) is 10.6 Å². The zero-order valence-corrected chi connectivity index (χ0v) is 20.2. The normalized spacial score (nSPS) is 17.3. The second-order valence-corrected chi connectivity index (χ2v) is 9.73. The molecule has 0 spiro atoms. The molecule has 180 valence electrons. The minimum absolute atomic E-state index is 0.0185. The number of carbonyl (C=O) groups is 3. The van der Waals surface area contributed by atoms with Crippen LogP contribution in [0.4, 0.5) is 5.69 Å². The third-order valence-corrected chi connectivity index (χ3v) is 7.28. The number of rotatable bonds is 6. The van der Waals surface area contributed by atoms with Crippen LogP contribution < -0.4 is 10.6 Å². The average Bonchev–Trinajstić information content (AvgIpc) is 2.88. The molecule has 1 heterocycles. The van der Waals surface area contributed by atoms with Crippen molar-refractivity contribution >= 4 is 35.0 Å². The fourth-order valence-electron chi connectivity index (χ4n) is 4.85. The van der Waals surface area contributed by atoms with Crippen molar-refractivity contribution in [2.45, 2.75) is 44.9 Å². The number of nitrogens with one attached hydrogen (secondary N) is 2. The molecule has 3 amide bonds. The molecule has 2 fully saturated rings. The van der Waals surface area contributed by atoms with E-state index in [1.54, 1.807) is 48.5 Å². The number of benzene rings is 2. The topological polar surface area (TPSA) is 78.5 Å². The van der Waals surface area contributed by atoms with Crippen molar-refractivity contribution in [3.63, 3.8) is 0 Å². The molecular formula is C27H32ClN3O3. The van der Waals surface area contributed by atoms with E-state index in [4.69, 9.17) is 11.6 Å². The molecule has 1 saturated heterocycles. The zero-order valence-electron chi connectivity index (χ0n) is 19.4. The molecule has 0 radical (unpaired) electrons. The van der Waals surface area contributed by atoms with Gasteiger partial charge < -0.3 is 15.5 Å². The monoisotopic (exact) mass is 481 g/mol. The van der Waals surface area contributed by atoms with Gasteiger partial charge in [-0.05, 0) is 68.0 Å². The van der Waals surface area contributed by atoms with Crippen LogP contribution in [0, 0.1) is 11.8 Å². The lowest BCUT2D eigenvalue weighted by Gasteiger charge is -2.32. The Balaban J connectivity index is 1.24. The highest BCUT2D eigenvalue weighted by Gasteiger charge is 2.28. The molecule has 2 aliphatic rings. The SMILES string of the molecule is O=C(Nc1ccc(C(=O)N2CCC(C(=O)NCC3CCCCC3)CC2)cc1)c1ccccc1Cl. The van der Waals surface area contributed by atoms with Crippen LogP contribution in [0.15, 0.2) is 48.5 Å². The van der Waals surface area contributed by atoms with Crippen LogP contribution in [-0.4, -0.2) is 42.3 Å². The first-order chi connectivity index (χ1) is 16.5. The molecule has 7 heteroatoms. The van der Waals surface area contributed by atoms with E-state index in [9.17, 15) is 14.4 Å².